The van der Waals surface area contributed by atoms with Gasteiger partial charge in [0.15, 0.2) is 14.1 Å². The Morgan fingerprint density at radius 3 is 2.21 bits per heavy atom. The lowest BCUT2D eigenvalue weighted by Gasteiger charge is -2.39. The second-order valence-electron chi connectivity index (χ2n) is 10.8. The molecular formula is C25H38FN5O2Si. The van der Waals surface area contributed by atoms with Gasteiger partial charge in [0, 0.05) is 51.9 Å². The fourth-order valence-corrected chi connectivity index (χ4v) is 4.94. The van der Waals surface area contributed by atoms with E-state index in [4.69, 9.17) is 9.16 Å². The van der Waals surface area contributed by atoms with Gasteiger partial charge in [0.1, 0.15) is 0 Å². The van der Waals surface area contributed by atoms with E-state index >= 15 is 4.39 Å². The highest BCUT2D eigenvalue weighted by Gasteiger charge is 2.37. The van der Waals surface area contributed by atoms with Gasteiger partial charge in [-0.2, -0.15) is 0 Å². The van der Waals surface area contributed by atoms with Crippen molar-refractivity contribution in [2.24, 2.45) is 0 Å². The van der Waals surface area contributed by atoms with Crippen LogP contribution in [0.1, 0.15) is 26.3 Å². The summed E-state index contributed by atoms with van der Waals surface area (Å²) < 4.78 is 27.0. The Bertz CT molecular complexity index is 968. The van der Waals surface area contributed by atoms with E-state index in [-0.39, 0.29) is 17.0 Å². The summed E-state index contributed by atoms with van der Waals surface area (Å²) in [5, 5.41) is 0.0981. The van der Waals surface area contributed by atoms with Crippen molar-refractivity contribution in [2.45, 2.75) is 51.6 Å². The Labute approximate surface area is 204 Å². The second-order valence-corrected chi connectivity index (χ2v) is 15.6. The molecule has 4 rings (SSSR count). The zero-order valence-electron chi connectivity index (χ0n) is 21.3. The number of benzene rings is 1. The zero-order valence-corrected chi connectivity index (χ0v) is 22.3. The van der Waals surface area contributed by atoms with Gasteiger partial charge in [-0.15, -0.1) is 0 Å². The van der Waals surface area contributed by atoms with Crippen molar-refractivity contribution in [2.75, 3.05) is 61.1 Å². The fourth-order valence-electron chi connectivity index (χ4n) is 3.99. The molecule has 2 fully saturated rings. The van der Waals surface area contributed by atoms with Gasteiger partial charge >= 0.3 is 0 Å². The summed E-state index contributed by atoms with van der Waals surface area (Å²) in [4.78, 5) is 15.6. The first-order chi connectivity index (χ1) is 16.1. The quantitative estimate of drug-likeness (QED) is 0.540. The van der Waals surface area contributed by atoms with Crippen molar-refractivity contribution in [3.63, 3.8) is 0 Å². The lowest BCUT2D eigenvalue weighted by Crippen LogP contribution is -2.52. The molecule has 0 radical (unpaired) electrons. The summed E-state index contributed by atoms with van der Waals surface area (Å²) in [6.07, 6.45) is 4.04. The van der Waals surface area contributed by atoms with E-state index in [0.717, 1.165) is 50.9 Å². The molecule has 0 unspecified atom stereocenters. The predicted octanol–water partition coefficient (Wildman–Crippen LogP) is 4.30. The number of anilines is 3. The van der Waals surface area contributed by atoms with Crippen LogP contribution in [0.4, 0.5) is 21.7 Å². The summed E-state index contributed by atoms with van der Waals surface area (Å²) in [5.74, 6) is 0.584. The second kappa shape index (κ2) is 9.79. The summed E-state index contributed by atoms with van der Waals surface area (Å²) in [6.45, 7) is 16.1. The molecule has 9 heteroatoms. The minimum atomic E-state index is -1.94. The van der Waals surface area contributed by atoms with Crippen molar-refractivity contribution < 1.29 is 13.6 Å². The maximum atomic E-state index is 15.4. The molecule has 0 spiro atoms. The van der Waals surface area contributed by atoms with Crippen molar-refractivity contribution in [3.8, 4) is 0 Å². The number of hydrogen-bond donors (Lipinski definition) is 0. The maximum absolute atomic E-state index is 15.4. The Hall–Kier alpha value is -2.23. The van der Waals surface area contributed by atoms with Gasteiger partial charge in [0.25, 0.3) is 0 Å². The summed E-state index contributed by atoms with van der Waals surface area (Å²) in [7, 11) is -0.205. The third-order valence-corrected chi connectivity index (χ3v) is 12.0. The van der Waals surface area contributed by atoms with Gasteiger partial charge in [0.2, 0.25) is 5.95 Å². The van der Waals surface area contributed by atoms with Gasteiger partial charge in [0.05, 0.1) is 36.5 Å². The van der Waals surface area contributed by atoms with Crippen LogP contribution in [0.5, 0.6) is 0 Å². The average Bonchev–Trinajstić information content (AvgIpc) is 2.78. The van der Waals surface area contributed by atoms with Gasteiger partial charge in [-0.25, -0.2) is 14.4 Å². The smallest absolute Gasteiger partial charge is 0.225 e. The number of aromatic nitrogens is 2. The van der Waals surface area contributed by atoms with E-state index in [1.54, 1.807) is 7.11 Å². The number of piperazine rings is 1. The van der Waals surface area contributed by atoms with Crippen LogP contribution in [0.15, 0.2) is 30.6 Å². The van der Waals surface area contributed by atoms with Crippen molar-refractivity contribution in [3.05, 3.63) is 42.0 Å². The van der Waals surface area contributed by atoms with Crippen molar-refractivity contribution in [1.29, 1.82) is 0 Å². The molecule has 2 saturated heterocycles. The van der Waals surface area contributed by atoms with Crippen LogP contribution < -0.4 is 14.7 Å². The molecule has 2 aliphatic rings. The van der Waals surface area contributed by atoms with E-state index in [1.165, 1.54) is 0 Å². The van der Waals surface area contributed by atoms with E-state index in [2.05, 4.69) is 58.5 Å². The molecule has 7 nitrogen and oxygen atoms in total. The maximum Gasteiger partial charge on any atom is 0.225 e. The largest absolute Gasteiger partial charge is 0.412 e. The minimum Gasteiger partial charge on any atom is -0.412 e. The Balaban J connectivity index is 1.35. The zero-order chi connectivity index (χ0) is 24.5. The number of hydrogen-bond acceptors (Lipinski definition) is 7. The first-order valence-electron chi connectivity index (χ1n) is 12.1. The molecule has 0 bridgehead atoms. The Morgan fingerprint density at radius 2 is 1.62 bits per heavy atom. The molecule has 0 aliphatic carbocycles. The minimum absolute atomic E-state index is 0.0981. The Morgan fingerprint density at radius 1 is 1.00 bits per heavy atom. The topological polar surface area (TPSA) is 54.0 Å². The molecule has 0 N–H and O–H groups in total. The first kappa shape index (κ1) is 24.9. The number of ether oxygens (including phenoxy) is 1. The highest BCUT2D eigenvalue weighted by Crippen LogP contribution is 2.37. The van der Waals surface area contributed by atoms with E-state index < -0.39 is 8.32 Å². The van der Waals surface area contributed by atoms with Gasteiger partial charge < -0.3 is 23.9 Å². The third kappa shape index (κ3) is 5.21. The van der Waals surface area contributed by atoms with Gasteiger partial charge in [-0.05, 0) is 24.2 Å². The molecule has 2 aromatic rings. The van der Waals surface area contributed by atoms with Crippen molar-refractivity contribution >= 4 is 25.6 Å². The van der Waals surface area contributed by atoms with Crippen LogP contribution in [0, 0.1) is 5.82 Å². The van der Waals surface area contributed by atoms with Gasteiger partial charge in [-0.3, -0.25) is 0 Å². The SMILES string of the molecule is COC1CN(c2ncc(N3CCN(c4cccc(CO[Si](C)(C)C(C)(C)C)c4F)CC3)cn2)C1. The molecule has 2 aliphatic heterocycles. The highest BCUT2D eigenvalue weighted by atomic mass is 28.4. The predicted molar refractivity (Wildman–Crippen MR) is 138 cm³/mol. The molecule has 3 heterocycles. The number of rotatable bonds is 7. The number of methoxy groups -OCH3 is 1. The van der Waals surface area contributed by atoms with Crippen LogP contribution in [-0.2, 0) is 15.8 Å². The molecule has 1 aromatic carbocycles. The van der Waals surface area contributed by atoms with Crippen LogP contribution in [0.2, 0.25) is 18.1 Å². The number of halogens is 1. The summed E-state index contributed by atoms with van der Waals surface area (Å²) in [5.41, 5.74) is 2.30. The molecule has 0 atom stereocenters. The monoisotopic (exact) mass is 487 g/mol. The summed E-state index contributed by atoms with van der Waals surface area (Å²) in [6, 6.07) is 5.65. The van der Waals surface area contributed by atoms with Crippen LogP contribution in [0.3, 0.4) is 0 Å². The molecule has 186 valence electrons. The lowest BCUT2D eigenvalue weighted by atomic mass is 10.1. The standard InChI is InChI=1S/C25H38FN5O2Si/c1-25(2,3)34(5,6)33-18-19-8-7-9-22(23(19)26)30-12-10-29(11-13-30)20-14-27-24(28-15-20)31-16-21(17-31)32-4/h7-9,14-15,21H,10-13,16-18H2,1-6H3. The van der Waals surface area contributed by atoms with E-state index in [1.807, 2.05) is 30.6 Å². The van der Waals surface area contributed by atoms with Gasteiger partial charge in [-0.1, -0.05) is 32.9 Å². The third-order valence-electron chi connectivity index (χ3n) is 7.53. The fraction of sp³-hybridized carbons (Fsp3) is 0.600. The normalized spacial score (nSPS) is 17.8. The van der Waals surface area contributed by atoms with E-state index in [0.29, 0.717) is 17.9 Å². The highest BCUT2D eigenvalue weighted by molar-refractivity contribution is 6.74. The lowest BCUT2D eigenvalue weighted by molar-refractivity contribution is 0.0778. The first-order valence-corrected chi connectivity index (χ1v) is 15.0. The number of nitrogens with zero attached hydrogens (tertiary/aromatic N) is 5. The van der Waals surface area contributed by atoms with Crippen LogP contribution in [-0.4, -0.2) is 70.8 Å². The Kier molecular flexibility index (Phi) is 7.16. The molecule has 0 saturated carbocycles. The van der Waals surface area contributed by atoms with Crippen LogP contribution in [0.25, 0.3) is 0 Å². The van der Waals surface area contributed by atoms with Crippen molar-refractivity contribution in [1.82, 2.24) is 9.97 Å². The molecular weight excluding hydrogens is 449 g/mol. The average molecular weight is 488 g/mol. The summed E-state index contributed by atoms with van der Waals surface area (Å²) >= 11 is 0. The molecule has 1 aromatic heterocycles. The van der Waals surface area contributed by atoms with E-state index in [9.17, 15) is 0 Å². The molecule has 0 amide bonds. The van der Waals surface area contributed by atoms with Crippen LogP contribution >= 0.6 is 0 Å². The molecule has 34 heavy (non-hydrogen) atoms.